The highest BCUT2D eigenvalue weighted by Gasteiger charge is 2.35. The summed E-state index contributed by atoms with van der Waals surface area (Å²) in [6, 6.07) is 3.24. The van der Waals surface area contributed by atoms with E-state index in [2.05, 4.69) is 15.5 Å². The monoisotopic (exact) mass is 402 g/mol. The van der Waals surface area contributed by atoms with Crippen molar-refractivity contribution in [3.05, 3.63) is 29.1 Å². The first kappa shape index (κ1) is 20.1. The summed E-state index contributed by atoms with van der Waals surface area (Å²) < 4.78 is 14.1. The van der Waals surface area contributed by atoms with Gasteiger partial charge in [-0.2, -0.15) is 0 Å². The van der Waals surface area contributed by atoms with Gasteiger partial charge >= 0.3 is 0 Å². The van der Waals surface area contributed by atoms with Crippen LogP contribution in [-0.2, 0) is 16.0 Å². The number of carbonyl (C=O) groups is 2. The van der Waals surface area contributed by atoms with Crippen LogP contribution in [0.4, 0.5) is 10.1 Å². The third-order valence-corrected chi connectivity index (χ3v) is 6.75. The van der Waals surface area contributed by atoms with Gasteiger partial charge in [0, 0.05) is 49.4 Å². The molecule has 2 fully saturated rings. The largest absolute Gasteiger partial charge is 0.373 e. The van der Waals surface area contributed by atoms with Gasteiger partial charge in [-0.05, 0) is 51.2 Å². The molecule has 2 amide bonds. The summed E-state index contributed by atoms with van der Waals surface area (Å²) in [6.45, 7) is 6.89. The Hall–Kier alpha value is -2.15. The van der Waals surface area contributed by atoms with Crippen molar-refractivity contribution in [1.29, 1.82) is 0 Å². The lowest BCUT2D eigenvalue weighted by Crippen LogP contribution is -2.56. The fraction of sp³-hybridized carbons (Fsp3) is 0.636. The van der Waals surface area contributed by atoms with Crippen LogP contribution in [0.25, 0.3) is 0 Å². The molecule has 1 aromatic rings. The molecule has 2 heterocycles. The first-order chi connectivity index (χ1) is 14.0. The molecular formula is C22H31FN4O2. The minimum atomic E-state index is -0.421. The van der Waals surface area contributed by atoms with Crippen LogP contribution in [0.5, 0.6) is 0 Å². The smallest absolute Gasteiger partial charge is 0.243 e. The number of nitrogens with one attached hydrogen (secondary N) is 2. The van der Waals surface area contributed by atoms with Gasteiger partial charge in [0.15, 0.2) is 0 Å². The van der Waals surface area contributed by atoms with Crippen molar-refractivity contribution < 1.29 is 14.0 Å². The average molecular weight is 403 g/mol. The number of aryl methyl sites for hydroxylation is 1. The van der Waals surface area contributed by atoms with Gasteiger partial charge < -0.3 is 15.5 Å². The van der Waals surface area contributed by atoms with Crippen molar-refractivity contribution in [2.24, 2.45) is 0 Å². The van der Waals surface area contributed by atoms with Crippen LogP contribution >= 0.6 is 0 Å². The maximum Gasteiger partial charge on any atom is 0.243 e. The van der Waals surface area contributed by atoms with E-state index in [9.17, 15) is 14.0 Å². The quantitative estimate of drug-likeness (QED) is 0.809. The molecule has 1 aromatic carbocycles. The summed E-state index contributed by atoms with van der Waals surface area (Å²) in [5.74, 6) is -0.102. The van der Waals surface area contributed by atoms with Crippen molar-refractivity contribution in [3.8, 4) is 0 Å². The molecule has 1 saturated heterocycles. The summed E-state index contributed by atoms with van der Waals surface area (Å²) in [7, 11) is 0. The van der Waals surface area contributed by atoms with E-state index in [1.54, 1.807) is 6.07 Å². The topological polar surface area (TPSA) is 64.7 Å². The lowest BCUT2D eigenvalue weighted by atomic mass is 9.89. The minimum Gasteiger partial charge on any atom is -0.373 e. The molecule has 158 valence electrons. The van der Waals surface area contributed by atoms with E-state index >= 15 is 0 Å². The molecule has 0 spiro atoms. The van der Waals surface area contributed by atoms with E-state index in [0.717, 1.165) is 56.6 Å². The lowest BCUT2D eigenvalue weighted by Gasteiger charge is -2.42. The first-order valence-electron chi connectivity index (χ1n) is 10.8. The van der Waals surface area contributed by atoms with E-state index in [-0.39, 0.29) is 23.7 Å². The third kappa shape index (κ3) is 4.10. The van der Waals surface area contributed by atoms with E-state index in [0.29, 0.717) is 24.6 Å². The van der Waals surface area contributed by atoms with Crippen LogP contribution in [0.2, 0.25) is 0 Å². The maximum atomic E-state index is 14.1. The van der Waals surface area contributed by atoms with Gasteiger partial charge in [0.25, 0.3) is 0 Å². The van der Waals surface area contributed by atoms with Crippen molar-refractivity contribution in [3.63, 3.8) is 0 Å². The van der Waals surface area contributed by atoms with Crippen LogP contribution in [0.1, 0.15) is 43.7 Å². The normalized spacial score (nSPS) is 27.5. The number of piperazine rings is 1. The van der Waals surface area contributed by atoms with Crippen LogP contribution in [0.3, 0.4) is 0 Å². The van der Waals surface area contributed by atoms with Crippen molar-refractivity contribution in [1.82, 2.24) is 15.1 Å². The molecule has 29 heavy (non-hydrogen) atoms. The number of hydrogen-bond donors (Lipinski definition) is 2. The van der Waals surface area contributed by atoms with Crippen LogP contribution in [0, 0.1) is 12.7 Å². The number of carbonyl (C=O) groups excluding carboxylic acids is 2. The molecule has 7 heteroatoms. The van der Waals surface area contributed by atoms with E-state index in [4.69, 9.17) is 0 Å². The number of benzene rings is 1. The highest BCUT2D eigenvalue weighted by molar-refractivity contribution is 5.88. The summed E-state index contributed by atoms with van der Waals surface area (Å²) in [6.07, 6.45) is 4.34. The second-order valence-electron chi connectivity index (χ2n) is 8.59. The Bertz CT molecular complexity index is 768. The van der Waals surface area contributed by atoms with Crippen LogP contribution in [-0.4, -0.2) is 65.9 Å². The van der Waals surface area contributed by atoms with Gasteiger partial charge in [0.2, 0.25) is 11.8 Å². The Kier molecular flexibility index (Phi) is 5.76. The zero-order valence-electron chi connectivity index (χ0n) is 17.3. The second-order valence-corrected chi connectivity index (χ2v) is 8.59. The number of fused-ring (bicyclic) bond motifs is 1. The molecule has 2 N–H and O–H groups in total. The van der Waals surface area contributed by atoms with Gasteiger partial charge in [0.05, 0.1) is 6.54 Å². The number of nitrogens with zero attached hydrogens (tertiary/aromatic N) is 2. The number of likely N-dealkylation sites (N-methyl/N-ethyl adjacent to an activating group) is 1. The molecule has 0 aromatic heterocycles. The maximum absolute atomic E-state index is 14.1. The molecule has 1 aliphatic carbocycles. The molecule has 1 unspecified atom stereocenters. The Labute approximate surface area is 171 Å². The fourth-order valence-corrected chi connectivity index (χ4v) is 5.03. The van der Waals surface area contributed by atoms with Crippen LogP contribution in [0.15, 0.2) is 12.1 Å². The van der Waals surface area contributed by atoms with Gasteiger partial charge in [-0.3, -0.25) is 14.5 Å². The predicted molar refractivity (Wildman–Crippen MR) is 110 cm³/mol. The first-order valence-corrected chi connectivity index (χ1v) is 10.8. The highest BCUT2D eigenvalue weighted by atomic mass is 19.1. The molecule has 2 aliphatic heterocycles. The van der Waals surface area contributed by atoms with Gasteiger partial charge in [0.1, 0.15) is 11.9 Å². The standard InChI is InChI=1S/C22H31FN4O2/c1-3-26-9-10-27(13-20(26)28)16-6-4-5-15(11-16)24-22(29)19-12-17-18(23)8-7-14(2)21(17)25-19/h7-8,15-16,19,25H,3-6,9-13H2,1-2H3,(H,24,29)/t15-,16+,19?/m1/s1. The molecule has 3 atom stereocenters. The predicted octanol–water partition coefficient (Wildman–Crippen LogP) is 2.06. The Morgan fingerprint density at radius 2 is 2.14 bits per heavy atom. The van der Waals surface area contributed by atoms with Gasteiger partial charge in [-0.15, -0.1) is 0 Å². The van der Waals surface area contributed by atoms with Crippen molar-refractivity contribution in [2.75, 3.05) is 31.5 Å². The zero-order valence-corrected chi connectivity index (χ0v) is 17.3. The fourth-order valence-electron chi connectivity index (χ4n) is 5.03. The van der Waals surface area contributed by atoms with Gasteiger partial charge in [-0.25, -0.2) is 4.39 Å². The summed E-state index contributed by atoms with van der Waals surface area (Å²) in [4.78, 5) is 29.3. The van der Waals surface area contributed by atoms with E-state index < -0.39 is 6.04 Å². The molecule has 0 radical (unpaired) electrons. The van der Waals surface area contributed by atoms with Crippen molar-refractivity contribution in [2.45, 2.75) is 64.1 Å². The number of rotatable bonds is 4. The number of halogens is 1. The zero-order chi connectivity index (χ0) is 20.5. The summed E-state index contributed by atoms with van der Waals surface area (Å²) >= 11 is 0. The number of amides is 2. The Morgan fingerprint density at radius 1 is 1.31 bits per heavy atom. The van der Waals surface area contributed by atoms with Crippen LogP contribution < -0.4 is 10.6 Å². The number of anilines is 1. The van der Waals surface area contributed by atoms with E-state index in [1.165, 1.54) is 6.07 Å². The lowest BCUT2D eigenvalue weighted by molar-refractivity contribution is -0.137. The molecule has 0 bridgehead atoms. The number of hydrogen-bond acceptors (Lipinski definition) is 4. The molecule has 4 rings (SSSR count). The summed E-state index contributed by atoms with van der Waals surface area (Å²) in [5, 5.41) is 6.40. The Balaban J connectivity index is 1.33. The summed E-state index contributed by atoms with van der Waals surface area (Å²) in [5.41, 5.74) is 2.34. The van der Waals surface area contributed by atoms with Crippen molar-refractivity contribution >= 4 is 17.5 Å². The third-order valence-electron chi connectivity index (χ3n) is 6.75. The molecule has 3 aliphatic rings. The van der Waals surface area contributed by atoms with E-state index in [1.807, 2.05) is 18.7 Å². The molecule has 1 saturated carbocycles. The Morgan fingerprint density at radius 3 is 2.86 bits per heavy atom. The molecule has 6 nitrogen and oxygen atoms in total. The molecular weight excluding hydrogens is 371 g/mol. The second kappa shape index (κ2) is 8.30. The minimum absolute atomic E-state index is 0.0578. The highest BCUT2D eigenvalue weighted by Crippen LogP contribution is 2.32. The van der Waals surface area contributed by atoms with Gasteiger partial charge in [-0.1, -0.05) is 6.07 Å². The average Bonchev–Trinajstić information content (AvgIpc) is 3.18. The SMILES string of the molecule is CCN1CCN([C@H]2CCC[C@@H](NC(=O)C3Cc4c(F)ccc(C)c4N3)C2)CC1=O.